The number of rotatable bonds is 2. The Morgan fingerprint density at radius 2 is 1.95 bits per heavy atom. The summed E-state index contributed by atoms with van der Waals surface area (Å²) >= 11 is 3.53. The molecular weight excluding hydrogens is 330 g/mol. The van der Waals surface area contributed by atoms with E-state index in [2.05, 4.69) is 26.2 Å². The van der Waals surface area contributed by atoms with Gasteiger partial charge in [0.05, 0.1) is 4.47 Å². The van der Waals surface area contributed by atoms with Crippen molar-refractivity contribution < 1.29 is 4.79 Å². The third kappa shape index (κ3) is 2.45. The molecule has 0 radical (unpaired) electrons. The molecule has 106 valence electrons. The van der Waals surface area contributed by atoms with Gasteiger partial charge in [0.25, 0.3) is 5.91 Å². The second-order valence-electron chi connectivity index (χ2n) is 4.86. The maximum Gasteiger partial charge on any atom is 0.274 e. The van der Waals surface area contributed by atoms with Crippen LogP contribution in [-0.2, 0) is 7.05 Å². The highest BCUT2D eigenvalue weighted by Crippen LogP contribution is 2.30. The minimum absolute atomic E-state index is 0.182. The number of aromatic nitrogens is 2. The van der Waals surface area contributed by atoms with Gasteiger partial charge in [-0.1, -0.05) is 24.3 Å². The number of nitrogens with one attached hydrogen (secondary N) is 1. The normalized spacial score (nSPS) is 10.8. The van der Waals surface area contributed by atoms with Crippen molar-refractivity contribution in [3.05, 3.63) is 58.3 Å². The zero-order valence-electron chi connectivity index (χ0n) is 11.7. The van der Waals surface area contributed by atoms with Crippen LogP contribution in [0.4, 0.5) is 5.82 Å². The first-order valence-corrected chi connectivity index (χ1v) is 7.35. The lowest BCUT2D eigenvalue weighted by molar-refractivity contribution is 0.101. The monoisotopic (exact) mass is 343 g/mol. The van der Waals surface area contributed by atoms with Crippen LogP contribution in [0.3, 0.4) is 0 Å². The predicted octanol–water partition coefficient (Wildman–Crippen LogP) is 3.90. The lowest BCUT2D eigenvalue weighted by atomic mass is 10.2. The van der Waals surface area contributed by atoms with E-state index in [-0.39, 0.29) is 5.91 Å². The van der Waals surface area contributed by atoms with E-state index in [9.17, 15) is 4.79 Å². The average Bonchev–Trinajstić information content (AvgIpc) is 2.71. The first-order chi connectivity index (χ1) is 10.1. The van der Waals surface area contributed by atoms with Crippen molar-refractivity contribution in [2.24, 2.45) is 7.05 Å². The number of carbonyl (C=O) groups is 1. The summed E-state index contributed by atoms with van der Waals surface area (Å²) < 4.78 is 2.68. The van der Waals surface area contributed by atoms with Crippen LogP contribution >= 0.6 is 15.9 Å². The largest absolute Gasteiger partial charge is 0.339 e. The molecule has 0 unspecified atom stereocenters. The summed E-state index contributed by atoms with van der Waals surface area (Å²) in [6.07, 6.45) is 0. The van der Waals surface area contributed by atoms with Crippen molar-refractivity contribution in [2.45, 2.75) is 6.92 Å². The van der Waals surface area contributed by atoms with E-state index < -0.39 is 0 Å². The van der Waals surface area contributed by atoms with E-state index in [4.69, 9.17) is 0 Å². The number of amides is 1. The van der Waals surface area contributed by atoms with Gasteiger partial charge in [-0.05, 0) is 41.1 Å². The van der Waals surface area contributed by atoms with Crippen LogP contribution < -0.4 is 5.32 Å². The molecule has 0 aliphatic carbocycles. The number of pyridine rings is 1. The van der Waals surface area contributed by atoms with E-state index in [0.717, 1.165) is 21.1 Å². The first kappa shape index (κ1) is 13.8. The smallest absolute Gasteiger partial charge is 0.274 e. The number of nitrogens with zero attached hydrogens (tertiary/aromatic N) is 2. The standard InChI is InChI=1S/C16H14BrN3O/c1-10-6-5-9-13(18-10)19-16(21)15-14(17)11-7-3-4-8-12(11)20(15)2/h3-9H,1-2H3,(H,18,19,21). The lowest BCUT2D eigenvalue weighted by Crippen LogP contribution is -2.17. The minimum Gasteiger partial charge on any atom is -0.339 e. The molecule has 1 aromatic carbocycles. The molecule has 0 aliphatic heterocycles. The Labute approximate surface area is 130 Å². The molecule has 0 bridgehead atoms. The predicted molar refractivity (Wildman–Crippen MR) is 87.5 cm³/mol. The SMILES string of the molecule is Cc1cccc(NC(=O)c2c(Br)c3ccccc3n2C)n1. The van der Waals surface area contributed by atoms with Crippen molar-refractivity contribution in [3.8, 4) is 0 Å². The van der Waals surface area contributed by atoms with Crippen LogP contribution in [0, 0.1) is 6.92 Å². The number of anilines is 1. The van der Waals surface area contributed by atoms with Crippen molar-refractivity contribution in [3.63, 3.8) is 0 Å². The third-order valence-corrected chi connectivity index (χ3v) is 4.19. The van der Waals surface area contributed by atoms with Crippen LogP contribution in [0.5, 0.6) is 0 Å². The van der Waals surface area contributed by atoms with Gasteiger partial charge in [-0.25, -0.2) is 4.98 Å². The summed E-state index contributed by atoms with van der Waals surface area (Å²) in [5, 5.41) is 3.86. The van der Waals surface area contributed by atoms with Crippen LogP contribution in [0.15, 0.2) is 46.9 Å². The average molecular weight is 344 g/mol. The summed E-state index contributed by atoms with van der Waals surface area (Å²) in [7, 11) is 1.88. The zero-order chi connectivity index (χ0) is 15.0. The van der Waals surface area contributed by atoms with Gasteiger partial charge >= 0.3 is 0 Å². The topological polar surface area (TPSA) is 46.9 Å². The summed E-state index contributed by atoms with van der Waals surface area (Å²) in [4.78, 5) is 16.8. The second-order valence-corrected chi connectivity index (χ2v) is 5.65. The van der Waals surface area contributed by atoms with Gasteiger partial charge < -0.3 is 9.88 Å². The number of carbonyl (C=O) groups excluding carboxylic acids is 1. The molecule has 1 amide bonds. The van der Waals surface area contributed by atoms with Crippen molar-refractivity contribution in [1.29, 1.82) is 0 Å². The Morgan fingerprint density at radius 3 is 2.67 bits per heavy atom. The van der Waals surface area contributed by atoms with Crippen LogP contribution in [0.25, 0.3) is 10.9 Å². The number of hydrogen-bond acceptors (Lipinski definition) is 2. The summed E-state index contributed by atoms with van der Waals surface area (Å²) in [5.74, 6) is 0.371. The van der Waals surface area contributed by atoms with Crippen LogP contribution in [-0.4, -0.2) is 15.5 Å². The summed E-state index contributed by atoms with van der Waals surface area (Å²) in [6, 6.07) is 13.4. The maximum absolute atomic E-state index is 12.5. The van der Waals surface area contributed by atoms with E-state index in [1.165, 1.54) is 0 Å². The van der Waals surface area contributed by atoms with E-state index in [0.29, 0.717) is 11.5 Å². The molecule has 0 spiro atoms. The molecule has 0 saturated carbocycles. The number of benzene rings is 1. The van der Waals surface area contributed by atoms with Crippen LogP contribution in [0.1, 0.15) is 16.2 Å². The quantitative estimate of drug-likeness (QED) is 0.767. The molecule has 5 heteroatoms. The van der Waals surface area contributed by atoms with Crippen molar-refractivity contribution in [2.75, 3.05) is 5.32 Å². The van der Waals surface area contributed by atoms with Crippen molar-refractivity contribution >= 4 is 38.6 Å². The Bertz CT molecular complexity index is 800. The number of para-hydroxylation sites is 1. The number of hydrogen-bond donors (Lipinski definition) is 1. The van der Waals surface area contributed by atoms with Gasteiger partial charge in [-0.15, -0.1) is 0 Å². The van der Waals surface area contributed by atoms with Gasteiger partial charge in [-0.3, -0.25) is 4.79 Å². The number of fused-ring (bicyclic) bond motifs is 1. The lowest BCUT2D eigenvalue weighted by Gasteiger charge is -2.07. The maximum atomic E-state index is 12.5. The molecule has 0 fully saturated rings. The Hall–Kier alpha value is -2.14. The number of aryl methyl sites for hydroxylation is 2. The molecule has 1 N–H and O–H groups in total. The van der Waals surface area contributed by atoms with Gasteiger partial charge in [0, 0.05) is 23.6 Å². The fourth-order valence-corrected chi connectivity index (χ4v) is 3.17. The molecule has 3 aromatic rings. The second kappa shape index (κ2) is 5.33. The summed E-state index contributed by atoms with van der Waals surface area (Å²) in [6.45, 7) is 1.89. The fourth-order valence-electron chi connectivity index (χ4n) is 2.39. The molecule has 0 atom stereocenters. The molecule has 2 heterocycles. The Morgan fingerprint density at radius 1 is 1.19 bits per heavy atom. The molecular formula is C16H14BrN3O. The molecule has 3 rings (SSSR count). The third-order valence-electron chi connectivity index (χ3n) is 3.39. The molecule has 21 heavy (non-hydrogen) atoms. The van der Waals surface area contributed by atoms with Gasteiger partial charge in [0.1, 0.15) is 11.5 Å². The molecule has 0 saturated heterocycles. The van der Waals surface area contributed by atoms with E-state index >= 15 is 0 Å². The molecule has 2 aromatic heterocycles. The number of halogens is 1. The fraction of sp³-hybridized carbons (Fsp3) is 0.125. The van der Waals surface area contributed by atoms with Gasteiger partial charge in [-0.2, -0.15) is 0 Å². The van der Waals surface area contributed by atoms with Gasteiger partial charge in [0.15, 0.2) is 0 Å². The highest BCUT2D eigenvalue weighted by Gasteiger charge is 2.19. The highest BCUT2D eigenvalue weighted by atomic mass is 79.9. The molecule has 4 nitrogen and oxygen atoms in total. The first-order valence-electron chi connectivity index (χ1n) is 6.56. The highest BCUT2D eigenvalue weighted by molar-refractivity contribution is 9.10. The zero-order valence-corrected chi connectivity index (χ0v) is 13.3. The Balaban J connectivity index is 2.02. The Kier molecular flexibility index (Phi) is 3.51. The van der Waals surface area contributed by atoms with Crippen molar-refractivity contribution in [1.82, 2.24) is 9.55 Å². The summed E-state index contributed by atoms with van der Waals surface area (Å²) in [5.41, 5.74) is 2.45. The van der Waals surface area contributed by atoms with E-state index in [1.807, 2.05) is 54.9 Å². The van der Waals surface area contributed by atoms with Gasteiger partial charge in [0.2, 0.25) is 0 Å². The van der Waals surface area contributed by atoms with E-state index in [1.54, 1.807) is 6.07 Å². The minimum atomic E-state index is -0.182. The van der Waals surface area contributed by atoms with Crippen LogP contribution in [0.2, 0.25) is 0 Å². The molecule has 0 aliphatic rings.